The highest BCUT2D eigenvalue weighted by molar-refractivity contribution is 7.80. The van der Waals surface area contributed by atoms with Crippen LogP contribution in [-0.2, 0) is 12.1 Å². The Morgan fingerprint density at radius 2 is 2.29 bits per heavy atom. The Balaban J connectivity index is 2.00. The van der Waals surface area contributed by atoms with Crippen LogP contribution in [-0.4, -0.2) is 19.9 Å². The van der Waals surface area contributed by atoms with E-state index in [9.17, 15) is 9.50 Å². The summed E-state index contributed by atoms with van der Waals surface area (Å²) in [6.45, 7) is 2.23. The lowest BCUT2D eigenvalue weighted by Crippen LogP contribution is -2.39. The number of benzene rings is 1. The minimum absolute atomic E-state index is 0.0104. The van der Waals surface area contributed by atoms with Crippen LogP contribution in [0.1, 0.15) is 25.3 Å². The number of hydrogen-bond acceptors (Lipinski definition) is 4. The molecular weight excluding hydrogens is 289 g/mol. The molecule has 2 aromatic rings. The minimum atomic E-state index is -1.19. The quantitative estimate of drug-likeness (QED) is 0.835. The molecule has 0 radical (unpaired) electrons. The van der Waals surface area contributed by atoms with Crippen molar-refractivity contribution in [3.8, 4) is 0 Å². The SMILES string of the molecule is CC(C1CC1)C(O)(Cn1ncnc1S)c1cccc(F)c1. The molecule has 0 aliphatic heterocycles. The van der Waals surface area contributed by atoms with Gasteiger partial charge in [0.05, 0.1) is 6.54 Å². The molecule has 0 saturated heterocycles. The van der Waals surface area contributed by atoms with Gasteiger partial charge in [0.1, 0.15) is 17.7 Å². The molecule has 0 amide bonds. The van der Waals surface area contributed by atoms with Gasteiger partial charge in [-0.1, -0.05) is 19.1 Å². The maximum Gasteiger partial charge on any atom is 0.183 e. The fourth-order valence-electron chi connectivity index (χ4n) is 2.84. The summed E-state index contributed by atoms with van der Waals surface area (Å²) in [4.78, 5) is 3.96. The van der Waals surface area contributed by atoms with Gasteiger partial charge in [0.15, 0.2) is 5.16 Å². The van der Waals surface area contributed by atoms with E-state index in [0.29, 0.717) is 16.6 Å². The summed E-state index contributed by atoms with van der Waals surface area (Å²) in [7, 11) is 0. The average Bonchev–Trinajstić information content (AvgIpc) is 3.23. The van der Waals surface area contributed by atoms with E-state index >= 15 is 0 Å². The van der Waals surface area contributed by atoms with Gasteiger partial charge in [-0.15, -0.1) is 12.6 Å². The van der Waals surface area contributed by atoms with Crippen molar-refractivity contribution >= 4 is 12.6 Å². The lowest BCUT2D eigenvalue weighted by Gasteiger charge is -2.35. The van der Waals surface area contributed by atoms with Gasteiger partial charge in [-0.05, 0) is 42.4 Å². The summed E-state index contributed by atoms with van der Waals surface area (Å²) in [5.41, 5.74) is -0.612. The molecule has 0 spiro atoms. The van der Waals surface area contributed by atoms with Crippen LogP contribution in [0.4, 0.5) is 4.39 Å². The van der Waals surface area contributed by atoms with Crippen molar-refractivity contribution in [2.75, 3.05) is 0 Å². The van der Waals surface area contributed by atoms with Crippen molar-refractivity contribution in [2.45, 2.75) is 37.1 Å². The third-order valence-corrected chi connectivity index (χ3v) is 4.74. The van der Waals surface area contributed by atoms with E-state index in [1.54, 1.807) is 16.8 Å². The predicted octanol–water partition coefficient (Wildman–Crippen LogP) is 2.64. The van der Waals surface area contributed by atoms with Gasteiger partial charge in [0.2, 0.25) is 0 Å². The molecule has 1 aliphatic carbocycles. The first-order valence-electron chi connectivity index (χ1n) is 7.06. The lowest BCUT2D eigenvalue weighted by atomic mass is 9.79. The van der Waals surface area contributed by atoms with Crippen LogP contribution in [0.15, 0.2) is 35.7 Å². The number of nitrogens with zero attached hydrogens (tertiary/aromatic N) is 3. The molecule has 21 heavy (non-hydrogen) atoms. The Bertz CT molecular complexity index is 643. The van der Waals surface area contributed by atoms with E-state index in [-0.39, 0.29) is 18.3 Å². The molecular formula is C15H18FN3OS. The molecule has 2 unspecified atom stereocenters. The summed E-state index contributed by atoms with van der Waals surface area (Å²) in [5, 5.41) is 15.8. The smallest absolute Gasteiger partial charge is 0.183 e. The molecule has 2 atom stereocenters. The third kappa shape index (κ3) is 2.82. The van der Waals surface area contributed by atoms with Crippen LogP contribution in [0, 0.1) is 17.7 Å². The van der Waals surface area contributed by atoms with E-state index in [0.717, 1.165) is 12.8 Å². The summed E-state index contributed by atoms with van der Waals surface area (Å²) < 4.78 is 15.1. The van der Waals surface area contributed by atoms with Gasteiger partial charge in [-0.2, -0.15) is 5.10 Å². The molecule has 6 heteroatoms. The van der Waals surface area contributed by atoms with E-state index in [1.165, 1.54) is 18.5 Å². The molecule has 1 aliphatic rings. The van der Waals surface area contributed by atoms with Crippen molar-refractivity contribution in [1.82, 2.24) is 14.8 Å². The largest absolute Gasteiger partial charge is 0.383 e. The summed E-state index contributed by atoms with van der Waals surface area (Å²) in [6.07, 6.45) is 3.60. The van der Waals surface area contributed by atoms with Crippen molar-refractivity contribution in [2.24, 2.45) is 11.8 Å². The maximum absolute atomic E-state index is 13.6. The molecule has 0 bridgehead atoms. The second kappa shape index (κ2) is 5.42. The molecule has 3 rings (SSSR count). The van der Waals surface area contributed by atoms with Gasteiger partial charge in [0, 0.05) is 0 Å². The van der Waals surface area contributed by atoms with Crippen molar-refractivity contribution in [1.29, 1.82) is 0 Å². The highest BCUT2D eigenvalue weighted by atomic mass is 32.1. The van der Waals surface area contributed by atoms with Crippen molar-refractivity contribution in [3.05, 3.63) is 42.0 Å². The normalized spacial score (nSPS) is 19.2. The molecule has 1 N–H and O–H groups in total. The van der Waals surface area contributed by atoms with E-state index in [4.69, 9.17) is 0 Å². The highest BCUT2D eigenvalue weighted by Crippen LogP contribution is 2.46. The number of thiol groups is 1. The molecule has 112 valence electrons. The molecule has 1 heterocycles. The van der Waals surface area contributed by atoms with Crippen LogP contribution >= 0.6 is 12.6 Å². The number of halogens is 1. The molecule has 1 fully saturated rings. The Kier molecular flexibility index (Phi) is 3.75. The van der Waals surface area contributed by atoms with Gasteiger partial charge in [-0.3, -0.25) is 0 Å². The van der Waals surface area contributed by atoms with Crippen LogP contribution in [0.5, 0.6) is 0 Å². The highest BCUT2D eigenvalue weighted by Gasteiger charge is 2.44. The van der Waals surface area contributed by atoms with E-state index < -0.39 is 5.60 Å². The lowest BCUT2D eigenvalue weighted by molar-refractivity contribution is -0.0464. The number of aromatic nitrogens is 3. The van der Waals surface area contributed by atoms with Gasteiger partial charge in [0.25, 0.3) is 0 Å². The molecule has 1 aromatic carbocycles. The van der Waals surface area contributed by atoms with Crippen LogP contribution < -0.4 is 0 Å². The average molecular weight is 307 g/mol. The zero-order valence-corrected chi connectivity index (χ0v) is 12.7. The van der Waals surface area contributed by atoms with Crippen LogP contribution in [0.3, 0.4) is 0 Å². The van der Waals surface area contributed by atoms with Gasteiger partial charge >= 0.3 is 0 Å². The first-order valence-corrected chi connectivity index (χ1v) is 7.50. The van der Waals surface area contributed by atoms with Crippen molar-refractivity contribution < 1.29 is 9.50 Å². The topological polar surface area (TPSA) is 50.9 Å². The third-order valence-electron chi connectivity index (χ3n) is 4.39. The Hall–Kier alpha value is -1.40. The maximum atomic E-state index is 13.6. The zero-order valence-electron chi connectivity index (χ0n) is 11.8. The fourth-order valence-corrected chi connectivity index (χ4v) is 3.01. The summed E-state index contributed by atoms with van der Waals surface area (Å²) in [5.74, 6) is 0.125. The van der Waals surface area contributed by atoms with Crippen LogP contribution in [0.25, 0.3) is 0 Å². The summed E-state index contributed by atoms with van der Waals surface area (Å²) in [6, 6.07) is 6.16. The molecule has 1 saturated carbocycles. The standard InChI is InChI=1S/C15H18FN3OS/c1-10(11-5-6-11)15(20,8-19-14(21)17-9-18-19)12-3-2-4-13(16)7-12/h2-4,7,9-11,20H,5-6,8H2,1H3,(H,17,18,21). The Morgan fingerprint density at radius 3 is 2.86 bits per heavy atom. The predicted molar refractivity (Wildman–Crippen MR) is 79.5 cm³/mol. The number of rotatable bonds is 5. The Morgan fingerprint density at radius 1 is 1.52 bits per heavy atom. The van der Waals surface area contributed by atoms with Crippen molar-refractivity contribution in [3.63, 3.8) is 0 Å². The van der Waals surface area contributed by atoms with Crippen LogP contribution in [0.2, 0.25) is 0 Å². The first-order chi connectivity index (χ1) is 10.0. The van der Waals surface area contributed by atoms with Gasteiger partial charge in [-0.25, -0.2) is 14.1 Å². The monoisotopic (exact) mass is 307 g/mol. The number of aliphatic hydroxyl groups is 1. The Labute approximate surface area is 128 Å². The summed E-state index contributed by atoms with van der Waals surface area (Å²) >= 11 is 4.23. The minimum Gasteiger partial charge on any atom is -0.383 e. The second-order valence-corrected chi connectivity index (χ2v) is 6.18. The van der Waals surface area contributed by atoms with Gasteiger partial charge < -0.3 is 5.11 Å². The van der Waals surface area contributed by atoms with E-state index in [2.05, 4.69) is 22.7 Å². The molecule has 1 aromatic heterocycles. The number of hydrogen-bond donors (Lipinski definition) is 2. The van der Waals surface area contributed by atoms with E-state index in [1.807, 2.05) is 6.92 Å². The fraction of sp³-hybridized carbons (Fsp3) is 0.467. The second-order valence-electron chi connectivity index (χ2n) is 5.78. The first kappa shape index (κ1) is 14.5. The zero-order chi connectivity index (χ0) is 15.0. The molecule has 4 nitrogen and oxygen atoms in total.